The van der Waals surface area contributed by atoms with Crippen LogP contribution < -0.4 is 0 Å². The Morgan fingerprint density at radius 3 is 2.76 bits per heavy atom. The van der Waals surface area contributed by atoms with E-state index in [-0.39, 0.29) is 5.56 Å². The van der Waals surface area contributed by atoms with Gasteiger partial charge in [0.25, 0.3) is 0 Å². The molecule has 0 aliphatic heterocycles. The monoisotopic (exact) mass is 234 g/mol. The molecule has 0 bridgehead atoms. The predicted octanol–water partition coefficient (Wildman–Crippen LogP) is 2.30. The van der Waals surface area contributed by atoms with Gasteiger partial charge in [-0.3, -0.25) is 0 Å². The van der Waals surface area contributed by atoms with E-state index in [4.69, 9.17) is 0 Å². The van der Waals surface area contributed by atoms with Gasteiger partial charge in [-0.15, -0.1) is 0 Å². The Kier molecular flexibility index (Phi) is 2.98. The van der Waals surface area contributed by atoms with Crippen LogP contribution in [0.1, 0.15) is 25.2 Å². The molecule has 3 nitrogen and oxygen atoms in total. The fourth-order valence-corrected chi connectivity index (χ4v) is 1.97. The largest absolute Gasteiger partial charge is 0.377 e. The molecule has 2 aromatic rings. The number of halogens is 1. The van der Waals surface area contributed by atoms with Gasteiger partial charge in [0.15, 0.2) is 0 Å². The molecule has 0 amide bonds. The van der Waals surface area contributed by atoms with Gasteiger partial charge in [0.1, 0.15) is 17.2 Å². The first-order valence-electron chi connectivity index (χ1n) is 5.56. The van der Waals surface area contributed by atoms with Gasteiger partial charge in [0.05, 0.1) is 0 Å². The quantitative estimate of drug-likeness (QED) is 0.884. The third-order valence-corrected chi connectivity index (χ3v) is 2.89. The molecule has 0 spiro atoms. The van der Waals surface area contributed by atoms with Crippen molar-refractivity contribution >= 4 is 0 Å². The summed E-state index contributed by atoms with van der Waals surface area (Å²) in [6, 6.07) is 6.21. The summed E-state index contributed by atoms with van der Waals surface area (Å²) in [5.41, 5.74) is -1.19. The molecule has 0 saturated carbocycles. The maximum absolute atomic E-state index is 13.7. The second kappa shape index (κ2) is 4.30. The van der Waals surface area contributed by atoms with Gasteiger partial charge in [-0.05, 0) is 19.9 Å². The smallest absolute Gasteiger partial charge is 0.147 e. The van der Waals surface area contributed by atoms with E-state index in [1.165, 1.54) is 6.07 Å². The molecule has 0 radical (unpaired) electrons. The van der Waals surface area contributed by atoms with E-state index >= 15 is 0 Å². The van der Waals surface area contributed by atoms with Gasteiger partial charge in [0, 0.05) is 24.5 Å². The third-order valence-electron chi connectivity index (χ3n) is 2.89. The second-order valence-corrected chi connectivity index (χ2v) is 4.09. The summed E-state index contributed by atoms with van der Waals surface area (Å²) < 4.78 is 15.5. The molecule has 0 fully saturated rings. The summed E-state index contributed by atoms with van der Waals surface area (Å²) in [4.78, 5) is 4.12. The first-order chi connectivity index (χ1) is 8.07. The fraction of sp³-hybridized carbons (Fsp3) is 0.308. The normalized spacial score (nSPS) is 14.6. The van der Waals surface area contributed by atoms with Crippen LogP contribution in [0.5, 0.6) is 0 Å². The van der Waals surface area contributed by atoms with Crippen LogP contribution >= 0.6 is 0 Å². The van der Waals surface area contributed by atoms with Crippen molar-refractivity contribution in [2.24, 2.45) is 0 Å². The van der Waals surface area contributed by atoms with Crippen LogP contribution in [0, 0.1) is 5.82 Å². The molecule has 17 heavy (non-hydrogen) atoms. The maximum Gasteiger partial charge on any atom is 0.147 e. The zero-order valence-corrected chi connectivity index (χ0v) is 9.89. The van der Waals surface area contributed by atoms with Crippen LogP contribution in [-0.2, 0) is 12.1 Å². The summed E-state index contributed by atoms with van der Waals surface area (Å²) in [6.07, 6.45) is 3.37. The Morgan fingerprint density at radius 2 is 2.12 bits per heavy atom. The number of imidazole rings is 1. The van der Waals surface area contributed by atoms with Crippen molar-refractivity contribution in [1.29, 1.82) is 0 Å². The first kappa shape index (κ1) is 11.8. The van der Waals surface area contributed by atoms with Gasteiger partial charge >= 0.3 is 0 Å². The molecule has 90 valence electrons. The van der Waals surface area contributed by atoms with E-state index in [2.05, 4.69) is 4.98 Å². The van der Waals surface area contributed by atoms with Crippen molar-refractivity contribution in [2.45, 2.75) is 26.0 Å². The number of aliphatic hydroxyl groups is 1. The highest BCUT2D eigenvalue weighted by molar-refractivity contribution is 5.30. The average Bonchev–Trinajstić information content (AvgIpc) is 2.78. The molecular formula is C13H15FN2O. The second-order valence-electron chi connectivity index (χ2n) is 4.09. The molecule has 0 aliphatic carbocycles. The fourth-order valence-electron chi connectivity index (χ4n) is 1.97. The van der Waals surface area contributed by atoms with E-state index in [0.29, 0.717) is 12.4 Å². The Labute approximate surface area is 99.5 Å². The molecule has 1 N–H and O–H groups in total. The summed E-state index contributed by atoms with van der Waals surface area (Å²) in [7, 11) is 0. The van der Waals surface area contributed by atoms with Gasteiger partial charge in [0.2, 0.25) is 0 Å². The highest BCUT2D eigenvalue weighted by Crippen LogP contribution is 2.29. The lowest BCUT2D eigenvalue weighted by Gasteiger charge is -2.24. The van der Waals surface area contributed by atoms with Crippen LogP contribution in [0.4, 0.5) is 4.39 Å². The minimum Gasteiger partial charge on any atom is -0.377 e. The number of hydrogen-bond acceptors (Lipinski definition) is 2. The highest BCUT2D eigenvalue weighted by Gasteiger charge is 2.32. The minimum atomic E-state index is -1.43. The lowest BCUT2D eigenvalue weighted by Crippen LogP contribution is -2.28. The van der Waals surface area contributed by atoms with Gasteiger partial charge < -0.3 is 9.67 Å². The number of hydrogen-bond donors (Lipinski definition) is 1. The zero-order valence-electron chi connectivity index (χ0n) is 9.89. The van der Waals surface area contributed by atoms with Crippen LogP contribution in [0.2, 0.25) is 0 Å². The van der Waals surface area contributed by atoms with Crippen LogP contribution in [-0.4, -0.2) is 14.7 Å². The van der Waals surface area contributed by atoms with Crippen molar-refractivity contribution in [1.82, 2.24) is 9.55 Å². The van der Waals surface area contributed by atoms with Crippen LogP contribution in [0.15, 0.2) is 36.7 Å². The lowest BCUT2D eigenvalue weighted by molar-refractivity contribution is 0.0841. The van der Waals surface area contributed by atoms with Gasteiger partial charge in [-0.2, -0.15) is 0 Å². The molecule has 1 atom stereocenters. The molecule has 0 aliphatic rings. The molecule has 1 aromatic carbocycles. The molecule has 1 unspecified atom stereocenters. The lowest BCUT2D eigenvalue weighted by atomic mass is 9.94. The number of aromatic nitrogens is 2. The van der Waals surface area contributed by atoms with Crippen LogP contribution in [0.25, 0.3) is 0 Å². The van der Waals surface area contributed by atoms with Crippen LogP contribution in [0.3, 0.4) is 0 Å². The summed E-state index contributed by atoms with van der Waals surface area (Å²) in [6.45, 7) is 4.18. The number of rotatable bonds is 3. The molecule has 1 aromatic heterocycles. The van der Waals surface area contributed by atoms with E-state index in [9.17, 15) is 9.50 Å². The van der Waals surface area contributed by atoms with Crippen molar-refractivity contribution in [3.8, 4) is 0 Å². The summed E-state index contributed by atoms with van der Waals surface area (Å²) in [5, 5.41) is 10.5. The summed E-state index contributed by atoms with van der Waals surface area (Å²) in [5.74, 6) is 0.0215. The maximum atomic E-state index is 13.7. The molecule has 2 rings (SSSR count). The van der Waals surface area contributed by atoms with Gasteiger partial charge in [-0.1, -0.05) is 18.2 Å². The van der Waals surface area contributed by atoms with Crippen molar-refractivity contribution in [3.05, 3.63) is 53.9 Å². The average molecular weight is 234 g/mol. The van der Waals surface area contributed by atoms with Crippen molar-refractivity contribution < 1.29 is 9.50 Å². The Hall–Kier alpha value is -1.68. The van der Waals surface area contributed by atoms with E-state index in [0.717, 1.165) is 0 Å². The Balaban J connectivity index is 2.53. The highest BCUT2D eigenvalue weighted by atomic mass is 19.1. The van der Waals surface area contributed by atoms with Gasteiger partial charge in [-0.25, -0.2) is 9.37 Å². The van der Waals surface area contributed by atoms with E-state index in [1.807, 2.05) is 6.92 Å². The molecule has 0 saturated heterocycles. The van der Waals surface area contributed by atoms with E-state index in [1.54, 1.807) is 42.1 Å². The predicted molar refractivity (Wildman–Crippen MR) is 63.0 cm³/mol. The summed E-state index contributed by atoms with van der Waals surface area (Å²) >= 11 is 0. The molecule has 4 heteroatoms. The Morgan fingerprint density at radius 1 is 1.41 bits per heavy atom. The third kappa shape index (κ3) is 1.96. The number of aryl methyl sites for hydroxylation is 1. The standard InChI is InChI=1S/C13H15FN2O/c1-3-16-9-8-15-12(16)13(2,17)10-6-4-5-7-11(10)14/h4-9,17H,3H2,1-2H3. The number of nitrogens with zero attached hydrogens (tertiary/aromatic N) is 2. The number of benzene rings is 1. The SMILES string of the molecule is CCn1ccnc1C(C)(O)c1ccccc1F. The minimum absolute atomic E-state index is 0.237. The topological polar surface area (TPSA) is 38.0 Å². The first-order valence-corrected chi connectivity index (χ1v) is 5.56. The Bertz CT molecular complexity index is 520. The van der Waals surface area contributed by atoms with Crippen molar-refractivity contribution in [3.63, 3.8) is 0 Å². The zero-order chi connectivity index (χ0) is 12.5. The van der Waals surface area contributed by atoms with Crippen molar-refractivity contribution in [2.75, 3.05) is 0 Å². The van der Waals surface area contributed by atoms with E-state index < -0.39 is 11.4 Å². The molecule has 1 heterocycles. The molecular weight excluding hydrogens is 219 g/mol.